The normalized spacial score (nSPS) is 10.8. The quantitative estimate of drug-likeness (QED) is 0.675. The zero-order valence-electron chi connectivity index (χ0n) is 11.3. The van der Waals surface area contributed by atoms with Crippen molar-refractivity contribution in [2.75, 3.05) is 7.11 Å². The highest BCUT2D eigenvalue weighted by atomic mass is 16.5. The van der Waals surface area contributed by atoms with Crippen LogP contribution in [0, 0.1) is 0 Å². The fourth-order valence-corrected chi connectivity index (χ4v) is 2.55. The first-order chi connectivity index (χ1) is 9.33. The van der Waals surface area contributed by atoms with Gasteiger partial charge in [-0.15, -0.1) is 0 Å². The maximum Gasteiger partial charge on any atom is 0.120 e. The van der Waals surface area contributed by atoms with Crippen LogP contribution in [0.25, 0.3) is 22.2 Å². The minimum atomic E-state index is 0.903. The van der Waals surface area contributed by atoms with E-state index >= 15 is 0 Å². The standard InChI is InChI=1S/C17H17NO/c1-3-18-16(13-7-5-4-6-8-13)11-14-9-10-15(19-2)12-17(14)18/h4-12H,3H2,1-2H3. The Kier molecular flexibility index (Phi) is 3.00. The lowest BCUT2D eigenvalue weighted by Gasteiger charge is -2.08. The highest BCUT2D eigenvalue weighted by Crippen LogP contribution is 2.30. The summed E-state index contributed by atoms with van der Waals surface area (Å²) in [6.45, 7) is 3.12. The molecule has 0 saturated heterocycles. The Morgan fingerprint density at radius 2 is 1.79 bits per heavy atom. The maximum absolute atomic E-state index is 5.32. The summed E-state index contributed by atoms with van der Waals surface area (Å²) >= 11 is 0. The average Bonchev–Trinajstić information content (AvgIpc) is 2.85. The number of benzene rings is 2. The van der Waals surface area contributed by atoms with E-state index in [1.54, 1.807) is 7.11 Å². The second kappa shape index (κ2) is 4.81. The van der Waals surface area contributed by atoms with Crippen molar-refractivity contribution in [2.24, 2.45) is 0 Å². The van der Waals surface area contributed by atoms with Crippen LogP contribution >= 0.6 is 0 Å². The average molecular weight is 251 g/mol. The highest BCUT2D eigenvalue weighted by Gasteiger charge is 2.09. The van der Waals surface area contributed by atoms with Crippen molar-refractivity contribution in [2.45, 2.75) is 13.5 Å². The minimum Gasteiger partial charge on any atom is -0.497 e. The van der Waals surface area contributed by atoms with Crippen LogP contribution in [0.2, 0.25) is 0 Å². The smallest absolute Gasteiger partial charge is 0.120 e. The lowest BCUT2D eigenvalue weighted by molar-refractivity contribution is 0.415. The molecule has 0 atom stereocenters. The molecule has 3 aromatic rings. The summed E-state index contributed by atoms with van der Waals surface area (Å²) in [4.78, 5) is 0. The van der Waals surface area contributed by atoms with Gasteiger partial charge >= 0.3 is 0 Å². The largest absolute Gasteiger partial charge is 0.497 e. The molecule has 2 heteroatoms. The van der Waals surface area contributed by atoms with E-state index < -0.39 is 0 Å². The lowest BCUT2D eigenvalue weighted by Crippen LogP contribution is -1.96. The van der Waals surface area contributed by atoms with Crippen molar-refractivity contribution in [3.63, 3.8) is 0 Å². The van der Waals surface area contributed by atoms with Gasteiger partial charge in [-0.2, -0.15) is 0 Å². The molecular weight excluding hydrogens is 234 g/mol. The van der Waals surface area contributed by atoms with E-state index in [9.17, 15) is 0 Å². The van der Waals surface area contributed by atoms with Crippen LogP contribution in [0.1, 0.15) is 6.92 Å². The van der Waals surface area contributed by atoms with Crippen LogP contribution in [-0.2, 0) is 6.54 Å². The second-order valence-electron chi connectivity index (χ2n) is 4.56. The Labute approximate surface area is 113 Å². The Morgan fingerprint density at radius 3 is 2.47 bits per heavy atom. The van der Waals surface area contributed by atoms with Crippen LogP contribution in [-0.4, -0.2) is 11.7 Å². The molecule has 2 aromatic carbocycles. The number of aryl methyl sites for hydroxylation is 1. The van der Waals surface area contributed by atoms with E-state index in [1.165, 1.54) is 22.2 Å². The molecule has 0 bridgehead atoms. The highest BCUT2D eigenvalue weighted by molar-refractivity contribution is 5.88. The third-order valence-corrected chi connectivity index (χ3v) is 3.50. The summed E-state index contributed by atoms with van der Waals surface area (Å²) in [6.07, 6.45) is 0. The Balaban J connectivity index is 2.26. The van der Waals surface area contributed by atoms with Gasteiger partial charge in [0.25, 0.3) is 0 Å². The number of nitrogens with zero attached hydrogens (tertiary/aromatic N) is 1. The Hall–Kier alpha value is -2.22. The summed E-state index contributed by atoms with van der Waals surface area (Å²) in [7, 11) is 1.71. The number of hydrogen-bond acceptors (Lipinski definition) is 1. The van der Waals surface area contributed by atoms with Gasteiger partial charge in [0.1, 0.15) is 5.75 Å². The number of methoxy groups -OCH3 is 1. The van der Waals surface area contributed by atoms with Crippen LogP contribution in [0.5, 0.6) is 5.75 Å². The third-order valence-electron chi connectivity index (χ3n) is 3.50. The van der Waals surface area contributed by atoms with Crippen molar-refractivity contribution in [3.05, 3.63) is 54.6 Å². The van der Waals surface area contributed by atoms with Gasteiger partial charge in [0, 0.05) is 23.7 Å². The summed E-state index contributed by atoms with van der Waals surface area (Å²) < 4.78 is 7.65. The van der Waals surface area contributed by atoms with Crippen molar-refractivity contribution in [1.29, 1.82) is 0 Å². The van der Waals surface area contributed by atoms with E-state index in [2.05, 4.69) is 54.0 Å². The monoisotopic (exact) mass is 251 g/mol. The van der Waals surface area contributed by atoms with E-state index in [0.29, 0.717) is 0 Å². The van der Waals surface area contributed by atoms with Crippen molar-refractivity contribution in [3.8, 4) is 17.0 Å². The molecule has 1 heterocycles. The van der Waals surface area contributed by atoms with Crippen molar-refractivity contribution in [1.82, 2.24) is 4.57 Å². The molecule has 0 aliphatic rings. The SMILES string of the molecule is CCn1c(-c2ccccc2)cc2ccc(OC)cc21. The molecule has 0 saturated carbocycles. The number of ether oxygens (including phenoxy) is 1. The third kappa shape index (κ3) is 1.99. The molecule has 19 heavy (non-hydrogen) atoms. The molecule has 0 fully saturated rings. The van der Waals surface area contributed by atoms with Crippen LogP contribution in [0.3, 0.4) is 0 Å². The van der Waals surface area contributed by atoms with E-state index in [-0.39, 0.29) is 0 Å². The van der Waals surface area contributed by atoms with Crippen LogP contribution in [0.4, 0.5) is 0 Å². The van der Waals surface area contributed by atoms with Gasteiger partial charge in [-0.1, -0.05) is 30.3 Å². The second-order valence-corrected chi connectivity index (χ2v) is 4.56. The van der Waals surface area contributed by atoms with Crippen LogP contribution < -0.4 is 4.74 Å². The molecule has 2 nitrogen and oxygen atoms in total. The summed E-state index contributed by atoms with van der Waals surface area (Å²) in [5, 5.41) is 1.25. The minimum absolute atomic E-state index is 0.903. The lowest BCUT2D eigenvalue weighted by atomic mass is 10.1. The molecular formula is C17H17NO. The zero-order chi connectivity index (χ0) is 13.2. The number of fused-ring (bicyclic) bond motifs is 1. The fourth-order valence-electron chi connectivity index (χ4n) is 2.55. The first-order valence-corrected chi connectivity index (χ1v) is 6.56. The molecule has 0 N–H and O–H groups in total. The number of rotatable bonds is 3. The molecule has 0 unspecified atom stereocenters. The summed E-state index contributed by atoms with van der Waals surface area (Å²) in [5.74, 6) is 0.903. The molecule has 0 spiro atoms. The summed E-state index contributed by atoms with van der Waals surface area (Å²) in [5.41, 5.74) is 3.73. The van der Waals surface area contributed by atoms with Gasteiger partial charge in [0.05, 0.1) is 12.6 Å². The molecule has 3 rings (SSSR count). The number of hydrogen-bond donors (Lipinski definition) is 0. The maximum atomic E-state index is 5.32. The Bertz CT molecular complexity index is 698. The van der Waals surface area contributed by atoms with Gasteiger partial charge in [0.2, 0.25) is 0 Å². The first kappa shape index (κ1) is 11.8. The van der Waals surface area contributed by atoms with Gasteiger partial charge in [0.15, 0.2) is 0 Å². The predicted octanol–water partition coefficient (Wildman–Crippen LogP) is 4.34. The summed E-state index contributed by atoms with van der Waals surface area (Å²) in [6, 6.07) is 19.0. The molecule has 0 amide bonds. The molecule has 0 aliphatic heterocycles. The van der Waals surface area contributed by atoms with Gasteiger partial charge in [-0.05, 0) is 30.7 Å². The van der Waals surface area contributed by atoms with Crippen molar-refractivity contribution < 1.29 is 4.74 Å². The molecule has 0 aliphatic carbocycles. The molecule has 1 aromatic heterocycles. The first-order valence-electron chi connectivity index (χ1n) is 6.56. The van der Waals surface area contributed by atoms with Gasteiger partial charge < -0.3 is 9.30 Å². The topological polar surface area (TPSA) is 14.2 Å². The zero-order valence-corrected chi connectivity index (χ0v) is 11.3. The fraction of sp³-hybridized carbons (Fsp3) is 0.176. The van der Waals surface area contributed by atoms with Crippen LogP contribution in [0.15, 0.2) is 54.6 Å². The van der Waals surface area contributed by atoms with Crippen molar-refractivity contribution >= 4 is 10.9 Å². The predicted molar refractivity (Wildman–Crippen MR) is 79.6 cm³/mol. The number of aromatic nitrogens is 1. The Morgan fingerprint density at radius 1 is 1.00 bits per heavy atom. The molecule has 96 valence electrons. The molecule has 0 radical (unpaired) electrons. The van der Waals surface area contributed by atoms with Gasteiger partial charge in [-0.3, -0.25) is 0 Å². The van der Waals surface area contributed by atoms with E-state index in [0.717, 1.165) is 12.3 Å². The van der Waals surface area contributed by atoms with E-state index in [1.807, 2.05) is 12.1 Å². The van der Waals surface area contributed by atoms with Gasteiger partial charge in [-0.25, -0.2) is 0 Å². The van der Waals surface area contributed by atoms with E-state index in [4.69, 9.17) is 4.74 Å².